The van der Waals surface area contributed by atoms with Crippen LogP contribution in [0, 0.1) is 0 Å². The van der Waals surface area contributed by atoms with Gasteiger partial charge in [-0.15, -0.1) is 0 Å². The normalized spacial score (nSPS) is 25.0. The highest BCUT2D eigenvalue weighted by Crippen LogP contribution is 2.32. The van der Waals surface area contributed by atoms with E-state index in [9.17, 15) is 4.79 Å². The van der Waals surface area contributed by atoms with Crippen LogP contribution in [0.3, 0.4) is 0 Å². The summed E-state index contributed by atoms with van der Waals surface area (Å²) in [6.45, 7) is 0. The molecule has 2 aromatic rings. The number of hydrogen-bond acceptors (Lipinski definition) is 4. The van der Waals surface area contributed by atoms with Gasteiger partial charge in [0.2, 0.25) is 0 Å². The van der Waals surface area contributed by atoms with E-state index < -0.39 is 0 Å². The van der Waals surface area contributed by atoms with Crippen molar-refractivity contribution in [2.45, 2.75) is 47.2 Å². The van der Waals surface area contributed by atoms with E-state index in [0.717, 1.165) is 22.6 Å². The first-order chi connectivity index (χ1) is 11.7. The molecule has 0 saturated carbocycles. The Morgan fingerprint density at radius 3 is 2.75 bits per heavy atom. The monoisotopic (exact) mass is 359 g/mol. The van der Waals surface area contributed by atoms with Crippen LogP contribution in [0.4, 0.5) is 0 Å². The lowest BCUT2D eigenvalue weighted by Gasteiger charge is -2.21. The Morgan fingerprint density at radius 2 is 2.08 bits per heavy atom. The van der Waals surface area contributed by atoms with Gasteiger partial charge in [0.05, 0.1) is 5.02 Å². The van der Waals surface area contributed by atoms with E-state index in [-0.39, 0.29) is 11.9 Å². The third-order valence-electron chi connectivity index (χ3n) is 4.69. The molecule has 0 aliphatic carbocycles. The molecule has 6 heteroatoms. The van der Waals surface area contributed by atoms with Crippen LogP contribution in [0.15, 0.2) is 52.5 Å². The minimum Gasteiger partial charge on any atom is -0.348 e. The molecule has 0 radical (unpaired) electrons. The number of hydrogen-bond donors (Lipinski definition) is 2. The molecule has 0 unspecified atom stereocenters. The van der Waals surface area contributed by atoms with Crippen molar-refractivity contribution in [1.29, 1.82) is 0 Å². The van der Waals surface area contributed by atoms with Gasteiger partial charge in [0.1, 0.15) is 0 Å². The lowest BCUT2D eigenvalue weighted by atomic mass is 9.95. The van der Waals surface area contributed by atoms with Crippen LogP contribution < -0.4 is 10.6 Å². The number of aromatic nitrogens is 1. The molecular formula is C18H18ClN3OS. The third kappa shape index (κ3) is 3.29. The Morgan fingerprint density at radius 1 is 1.25 bits per heavy atom. The van der Waals surface area contributed by atoms with E-state index in [4.69, 9.17) is 11.6 Å². The summed E-state index contributed by atoms with van der Waals surface area (Å²) in [7, 11) is 0. The maximum absolute atomic E-state index is 12.4. The summed E-state index contributed by atoms with van der Waals surface area (Å²) in [5.41, 5.74) is 0.694. The molecule has 2 aliphatic heterocycles. The van der Waals surface area contributed by atoms with Crippen LogP contribution >= 0.6 is 23.4 Å². The quantitative estimate of drug-likeness (QED) is 0.877. The molecular weight excluding hydrogens is 342 g/mol. The molecule has 2 bridgehead atoms. The minimum absolute atomic E-state index is 0.00492. The molecule has 1 amide bonds. The van der Waals surface area contributed by atoms with Gasteiger partial charge in [-0.2, -0.15) is 0 Å². The molecule has 2 aliphatic rings. The van der Waals surface area contributed by atoms with Gasteiger partial charge in [0.15, 0.2) is 0 Å². The zero-order valence-electron chi connectivity index (χ0n) is 13.0. The van der Waals surface area contributed by atoms with Crippen molar-refractivity contribution in [3.63, 3.8) is 0 Å². The second kappa shape index (κ2) is 6.75. The number of carbonyl (C=O) groups is 1. The first-order valence-corrected chi connectivity index (χ1v) is 9.33. The van der Waals surface area contributed by atoms with Gasteiger partial charge >= 0.3 is 0 Å². The first-order valence-electron chi connectivity index (χ1n) is 8.13. The van der Waals surface area contributed by atoms with E-state index >= 15 is 0 Å². The van der Waals surface area contributed by atoms with Gasteiger partial charge in [-0.05, 0) is 49.6 Å². The smallest absolute Gasteiger partial charge is 0.251 e. The third-order valence-corrected chi connectivity index (χ3v) is 6.19. The molecule has 124 valence electrons. The number of benzene rings is 1. The Hall–Kier alpha value is -1.56. The van der Waals surface area contributed by atoms with Gasteiger partial charge in [0.25, 0.3) is 5.91 Å². The van der Waals surface area contributed by atoms with Crippen LogP contribution in [-0.2, 0) is 0 Å². The summed E-state index contributed by atoms with van der Waals surface area (Å²) in [5, 5.41) is 7.39. The van der Waals surface area contributed by atoms with Crippen molar-refractivity contribution in [2.24, 2.45) is 0 Å². The van der Waals surface area contributed by atoms with Crippen LogP contribution in [0.5, 0.6) is 0 Å². The average molecular weight is 360 g/mol. The highest BCUT2D eigenvalue weighted by atomic mass is 35.5. The van der Waals surface area contributed by atoms with Crippen molar-refractivity contribution in [1.82, 2.24) is 15.6 Å². The predicted molar refractivity (Wildman–Crippen MR) is 95.6 cm³/mol. The summed E-state index contributed by atoms with van der Waals surface area (Å²) in [6, 6.07) is 10.7. The molecule has 1 aromatic heterocycles. The molecule has 2 saturated heterocycles. The standard InChI is InChI=1S/C18H18ClN3OS/c19-14-7-8-20-10-17(14)24-13-4-1-11(2-5-13)18(23)22-16-9-12-3-6-15(16)21-12/h1-2,4-5,7-8,10,12,15-16,21H,3,6,9H2,(H,22,23)/t12-,15+,16-/m1/s1. The average Bonchev–Trinajstić information content (AvgIpc) is 3.20. The first kappa shape index (κ1) is 15.9. The van der Waals surface area contributed by atoms with E-state index in [1.807, 2.05) is 24.3 Å². The number of nitrogens with one attached hydrogen (secondary N) is 2. The number of carbonyl (C=O) groups excluding carboxylic acids is 1. The molecule has 24 heavy (non-hydrogen) atoms. The number of pyridine rings is 1. The molecule has 1 aromatic carbocycles. The number of nitrogens with zero attached hydrogens (tertiary/aromatic N) is 1. The lowest BCUT2D eigenvalue weighted by molar-refractivity contribution is 0.0931. The number of rotatable bonds is 4. The summed E-state index contributed by atoms with van der Waals surface area (Å²) >= 11 is 7.69. The highest BCUT2D eigenvalue weighted by Gasteiger charge is 2.39. The second-order valence-corrected chi connectivity index (χ2v) is 7.82. The summed E-state index contributed by atoms with van der Waals surface area (Å²) < 4.78 is 0. The van der Waals surface area contributed by atoms with Gasteiger partial charge < -0.3 is 10.6 Å². The molecule has 4 nitrogen and oxygen atoms in total. The van der Waals surface area contributed by atoms with Crippen LogP contribution in [-0.4, -0.2) is 29.0 Å². The summed E-state index contributed by atoms with van der Waals surface area (Å²) in [5.74, 6) is 0.00492. The zero-order valence-corrected chi connectivity index (χ0v) is 14.6. The molecule has 4 rings (SSSR count). The Bertz CT molecular complexity index is 752. The van der Waals surface area contributed by atoms with E-state index in [0.29, 0.717) is 22.7 Å². The minimum atomic E-state index is 0.00492. The number of fused-ring (bicyclic) bond motifs is 2. The number of halogens is 1. The van der Waals surface area contributed by atoms with E-state index in [2.05, 4.69) is 15.6 Å². The fourth-order valence-electron chi connectivity index (χ4n) is 3.47. The van der Waals surface area contributed by atoms with Gasteiger partial charge in [0, 0.05) is 45.9 Å². The zero-order chi connectivity index (χ0) is 16.5. The van der Waals surface area contributed by atoms with Crippen molar-refractivity contribution in [3.8, 4) is 0 Å². The fourth-order valence-corrected chi connectivity index (χ4v) is 4.50. The maximum atomic E-state index is 12.4. The second-order valence-electron chi connectivity index (χ2n) is 6.30. The van der Waals surface area contributed by atoms with Crippen LogP contribution in [0.25, 0.3) is 0 Å². The van der Waals surface area contributed by atoms with Crippen LogP contribution in [0.1, 0.15) is 29.6 Å². The Balaban J connectivity index is 1.40. The SMILES string of the molecule is O=C(N[C@@H]1C[C@H]2CC[C@@H]1N2)c1ccc(Sc2cnccc2Cl)cc1. The lowest BCUT2D eigenvalue weighted by Crippen LogP contribution is -2.42. The molecule has 3 heterocycles. The number of amides is 1. The van der Waals surface area contributed by atoms with E-state index in [1.165, 1.54) is 6.42 Å². The predicted octanol–water partition coefficient (Wildman–Crippen LogP) is 3.51. The highest BCUT2D eigenvalue weighted by molar-refractivity contribution is 7.99. The van der Waals surface area contributed by atoms with E-state index in [1.54, 1.807) is 30.2 Å². The molecule has 3 atom stereocenters. The largest absolute Gasteiger partial charge is 0.348 e. The topological polar surface area (TPSA) is 54.0 Å². The summed E-state index contributed by atoms with van der Waals surface area (Å²) in [6.07, 6.45) is 6.86. The molecule has 2 fully saturated rings. The molecule has 0 spiro atoms. The van der Waals surface area contributed by atoms with Gasteiger partial charge in [-0.3, -0.25) is 9.78 Å². The Kier molecular flexibility index (Phi) is 4.48. The maximum Gasteiger partial charge on any atom is 0.251 e. The van der Waals surface area contributed by atoms with Crippen molar-refractivity contribution in [2.75, 3.05) is 0 Å². The van der Waals surface area contributed by atoms with Crippen molar-refractivity contribution < 1.29 is 4.79 Å². The van der Waals surface area contributed by atoms with Crippen LogP contribution in [0.2, 0.25) is 5.02 Å². The Labute approximate surface area is 150 Å². The fraction of sp³-hybridized carbons (Fsp3) is 0.333. The van der Waals surface area contributed by atoms with Crippen molar-refractivity contribution >= 4 is 29.3 Å². The van der Waals surface area contributed by atoms with Gasteiger partial charge in [-0.1, -0.05) is 23.4 Å². The summed E-state index contributed by atoms with van der Waals surface area (Å²) in [4.78, 5) is 18.4. The van der Waals surface area contributed by atoms with Crippen molar-refractivity contribution in [3.05, 3.63) is 53.3 Å². The van der Waals surface area contributed by atoms with Gasteiger partial charge in [-0.25, -0.2) is 0 Å². The molecule has 2 N–H and O–H groups in total.